The molecule has 1 fully saturated rings. The van der Waals surface area contributed by atoms with E-state index in [9.17, 15) is 9.59 Å². The summed E-state index contributed by atoms with van der Waals surface area (Å²) in [5, 5.41) is 0.816. The summed E-state index contributed by atoms with van der Waals surface area (Å²) in [6, 6.07) is 8.06. The molecular weight excluding hydrogens is 360 g/mol. The van der Waals surface area contributed by atoms with Crippen LogP contribution in [0.15, 0.2) is 24.3 Å². The van der Waals surface area contributed by atoms with Gasteiger partial charge in [0, 0.05) is 24.6 Å². The van der Waals surface area contributed by atoms with Gasteiger partial charge in [-0.3, -0.25) is 9.59 Å². The van der Waals surface area contributed by atoms with Crippen molar-refractivity contribution in [2.75, 3.05) is 6.61 Å². The Bertz CT molecular complexity index is 818. The number of hydrogen-bond acceptors (Lipinski definition) is 5. The SMILES string of the molecule is CC(=O)c1sc(-c2ccc(OCC(=O)N3[C@H](C)CCC[C@H]3C)cc2)nc1C. The van der Waals surface area contributed by atoms with Gasteiger partial charge in [-0.2, -0.15) is 0 Å². The molecule has 0 saturated carbocycles. The van der Waals surface area contributed by atoms with Gasteiger partial charge in [0.1, 0.15) is 10.8 Å². The Kier molecular flexibility index (Phi) is 5.95. The van der Waals surface area contributed by atoms with Crippen molar-refractivity contribution in [3.63, 3.8) is 0 Å². The number of thiazole rings is 1. The Labute approximate surface area is 164 Å². The van der Waals surface area contributed by atoms with Crippen LogP contribution in [0, 0.1) is 6.92 Å². The molecule has 0 spiro atoms. The predicted molar refractivity (Wildman–Crippen MR) is 107 cm³/mol. The van der Waals surface area contributed by atoms with Gasteiger partial charge < -0.3 is 9.64 Å². The minimum atomic E-state index is 0.0379. The fourth-order valence-electron chi connectivity index (χ4n) is 3.67. The van der Waals surface area contributed by atoms with E-state index in [1.54, 1.807) is 6.92 Å². The standard InChI is InChI=1S/C21H26N2O3S/c1-13-6-5-7-14(2)23(13)19(25)12-26-18-10-8-17(9-11-18)21-22-15(3)20(27-21)16(4)24/h8-11,13-14H,5-7,12H2,1-4H3/t13-,14-/m1/s1. The molecule has 2 heterocycles. The third-order valence-electron chi connectivity index (χ3n) is 5.06. The van der Waals surface area contributed by atoms with Gasteiger partial charge in [0.25, 0.3) is 5.91 Å². The van der Waals surface area contributed by atoms with E-state index in [-0.39, 0.29) is 30.4 Å². The van der Waals surface area contributed by atoms with Crippen LogP contribution in [0.25, 0.3) is 10.6 Å². The summed E-state index contributed by atoms with van der Waals surface area (Å²) < 4.78 is 5.71. The van der Waals surface area contributed by atoms with Crippen LogP contribution in [0.5, 0.6) is 5.75 Å². The van der Waals surface area contributed by atoms with Gasteiger partial charge in [-0.05, 0) is 64.3 Å². The fraction of sp³-hybridized carbons (Fsp3) is 0.476. The summed E-state index contributed by atoms with van der Waals surface area (Å²) in [7, 11) is 0. The van der Waals surface area contributed by atoms with Gasteiger partial charge >= 0.3 is 0 Å². The third-order valence-corrected chi connectivity index (χ3v) is 6.37. The number of Topliss-reactive ketones (excluding diaryl/α,β-unsaturated/α-hetero) is 1. The Balaban J connectivity index is 1.63. The zero-order valence-corrected chi connectivity index (χ0v) is 17.1. The van der Waals surface area contributed by atoms with E-state index < -0.39 is 0 Å². The lowest BCUT2D eigenvalue weighted by molar-refractivity contribution is -0.139. The summed E-state index contributed by atoms with van der Waals surface area (Å²) in [4.78, 5) is 31.3. The molecule has 5 nitrogen and oxygen atoms in total. The monoisotopic (exact) mass is 386 g/mol. The van der Waals surface area contributed by atoms with Crippen molar-refractivity contribution in [2.45, 2.75) is 59.0 Å². The molecule has 0 N–H and O–H groups in total. The molecule has 2 aromatic rings. The van der Waals surface area contributed by atoms with Crippen molar-refractivity contribution in [3.8, 4) is 16.3 Å². The zero-order chi connectivity index (χ0) is 19.6. The number of piperidine rings is 1. The van der Waals surface area contributed by atoms with E-state index >= 15 is 0 Å². The minimum absolute atomic E-state index is 0.0379. The zero-order valence-electron chi connectivity index (χ0n) is 16.3. The molecule has 0 radical (unpaired) electrons. The topological polar surface area (TPSA) is 59.5 Å². The maximum Gasteiger partial charge on any atom is 0.260 e. The quantitative estimate of drug-likeness (QED) is 0.711. The van der Waals surface area contributed by atoms with Crippen molar-refractivity contribution in [1.29, 1.82) is 0 Å². The van der Waals surface area contributed by atoms with Crippen LogP contribution in [0.3, 0.4) is 0 Å². The second-order valence-electron chi connectivity index (χ2n) is 7.23. The molecule has 1 saturated heterocycles. The number of carbonyl (C=O) groups excluding carboxylic acids is 2. The molecule has 0 unspecified atom stereocenters. The number of nitrogens with zero attached hydrogens (tertiary/aromatic N) is 2. The number of benzene rings is 1. The molecule has 2 atom stereocenters. The highest BCUT2D eigenvalue weighted by Gasteiger charge is 2.28. The maximum atomic E-state index is 12.5. The van der Waals surface area contributed by atoms with E-state index in [4.69, 9.17) is 4.74 Å². The van der Waals surface area contributed by atoms with Crippen LogP contribution in [-0.4, -0.2) is 40.3 Å². The van der Waals surface area contributed by atoms with Crippen LogP contribution in [-0.2, 0) is 4.79 Å². The first-order valence-corrected chi connectivity index (χ1v) is 10.2. The van der Waals surface area contributed by atoms with Crippen molar-refractivity contribution in [1.82, 2.24) is 9.88 Å². The van der Waals surface area contributed by atoms with Crippen LogP contribution in [0.1, 0.15) is 55.4 Å². The number of ether oxygens (including phenoxy) is 1. The van der Waals surface area contributed by atoms with Crippen LogP contribution in [0.4, 0.5) is 0 Å². The Morgan fingerprint density at radius 1 is 1.19 bits per heavy atom. The normalized spacial score (nSPS) is 19.8. The van der Waals surface area contributed by atoms with Gasteiger partial charge in [0.2, 0.25) is 0 Å². The first-order chi connectivity index (χ1) is 12.9. The van der Waals surface area contributed by atoms with Gasteiger partial charge in [-0.1, -0.05) is 0 Å². The highest BCUT2D eigenvalue weighted by molar-refractivity contribution is 7.17. The number of amides is 1. The number of aryl methyl sites for hydroxylation is 1. The Morgan fingerprint density at radius 3 is 2.37 bits per heavy atom. The van der Waals surface area contributed by atoms with Crippen molar-refractivity contribution in [3.05, 3.63) is 34.8 Å². The fourth-order valence-corrected chi connectivity index (χ4v) is 4.64. The van der Waals surface area contributed by atoms with E-state index in [1.807, 2.05) is 36.1 Å². The summed E-state index contributed by atoms with van der Waals surface area (Å²) in [5.41, 5.74) is 1.70. The lowest BCUT2D eigenvalue weighted by Crippen LogP contribution is -2.49. The minimum Gasteiger partial charge on any atom is -0.484 e. The molecule has 1 aromatic carbocycles. The number of hydrogen-bond donors (Lipinski definition) is 0. The van der Waals surface area contributed by atoms with E-state index in [2.05, 4.69) is 18.8 Å². The third kappa shape index (κ3) is 4.38. The Hall–Kier alpha value is -2.21. The average molecular weight is 387 g/mol. The molecule has 27 heavy (non-hydrogen) atoms. The highest BCUT2D eigenvalue weighted by atomic mass is 32.1. The molecule has 0 bridgehead atoms. The lowest BCUT2D eigenvalue weighted by Gasteiger charge is -2.38. The second-order valence-corrected chi connectivity index (χ2v) is 8.23. The molecule has 0 aliphatic carbocycles. The van der Waals surface area contributed by atoms with Crippen molar-refractivity contribution in [2.24, 2.45) is 0 Å². The van der Waals surface area contributed by atoms with Crippen LogP contribution >= 0.6 is 11.3 Å². The Morgan fingerprint density at radius 2 is 1.81 bits per heavy atom. The number of likely N-dealkylation sites (tertiary alicyclic amines) is 1. The summed E-state index contributed by atoms with van der Waals surface area (Å²) in [5.74, 6) is 0.737. The smallest absolute Gasteiger partial charge is 0.260 e. The molecule has 3 rings (SSSR count). The molecule has 1 amide bonds. The van der Waals surface area contributed by atoms with Gasteiger partial charge in [0.05, 0.1) is 10.6 Å². The van der Waals surface area contributed by atoms with E-state index in [0.717, 1.165) is 29.1 Å². The molecular formula is C21H26N2O3S. The lowest BCUT2D eigenvalue weighted by atomic mass is 9.97. The van der Waals surface area contributed by atoms with E-state index in [0.29, 0.717) is 10.6 Å². The van der Waals surface area contributed by atoms with E-state index in [1.165, 1.54) is 17.8 Å². The summed E-state index contributed by atoms with van der Waals surface area (Å²) in [6.45, 7) is 7.67. The number of carbonyl (C=O) groups is 2. The first-order valence-electron chi connectivity index (χ1n) is 9.39. The average Bonchev–Trinajstić information content (AvgIpc) is 3.02. The van der Waals surface area contributed by atoms with Gasteiger partial charge in [0.15, 0.2) is 12.4 Å². The number of aromatic nitrogens is 1. The molecule has 1 aromatic heterocycles. The summed E-state index contributed by atoms with van der Waals surface area (Å²) in [6.07, 6.45) is 3.29. The molecule has 1 aliphatic rings. The highest BCUT2D eigenvalue weighted by Crippen LogP contribution is 2.29. The van der Waals surface area contributed by atoms with Crippen LogP contribution < -0.4 is 4.74 Å². The molecule has 144 valence electrons. The number of ketones is 1. The van der Waals surface area contributed by atoms with Crippen molar-refractivity contribution < 1.29 is 14.3 Å². The first kappa shape index (κ1) is 19.5. The largest absolute Gasteiger partial charge is 0.484 e. The van der Waals surface area contributed by atoms with Crippen LogP contribution in [0.2, 0.25) is 0 Å². The predicted octanol–water partition coefficient (Wildman–Crippen LogP) is 4.49. The summed E-state index contributed by atoms with van der Waals surface area (Å²) >= 11 is 1.40. The maximum absolute atomic E-state index is 12.5. The van der Waals surface area contributed by atoms with Crippen molar-refractivity contribution >= 4 is 23.0 Å². The molecule has 1 aliphatic heterocycles. The number of rotatable bonds is 5. The second kappa shape index (κ2) is 8.21. The van der Waals surface area contributed by atoms with Gasteiger partial charge in [-0.15, -0.1) is 11.3 Å². The molecule has 6 heteroatoms. The van der Waals surface area contributed by atoms with Gasteiger partial charge in [-0.25, -0.2) is 4.98 Å².